The molecule has 7 heteroatoms. The molecule has 0 bridgehead atoms. The Hall–Kier alpha value is -2.38. The van der Waals surface area contributed by atoms with E-state index < -0.39 is 0 Å². The van der Waals surface area contributed by atoms with Gasteiger partial charge in [-0.25, -0.2) is 0 Å². The van der Waals surface area contributed by atoms with Gasteiger partial charge in [-0.1, -0.05) is 6.07 Å². The number of Topliss-reactive ketones (excluding diaryl/α,β-unsaturated/α-hetero) is 1. The van der Waals surface area contributed by atoms with Crippen molar-refractivity contribution in [1.82, 2.24) is 10.2 Å². The summed E-state index contributed by atoms with van der Waals surface area (Å²) in [6.45, 7) is 3.72. The number of ketones is 1. The predicted octanol–water partition coefficient (Wildman–Crippen LogP) is 3.44. The van der Waals surface area contributed by atoms with E-state index in [0.29, 0.717) is 36.8 Å². The van der Waals surface area contributed by atoms with Gasteiger partial charge < -0.3 is 14.8 Å². The lowest BCUT2D eigenvalue weighted by molar-refractivity contribution is -0.121. The minimum Gasteiger partial charge on any atom is -0.486 e. The third-order valence-electron chi connectivity index (χ3n) is 5.39. The molecule has 154 valence electrons. The van der Waals surface area contributed by atoms with Crippen LogP contribution in [-0.4, -0.2) is 49.4 Å². The van der Waals surface area contributed by atoms with Crippen molar-refractivity contribution in [2.24, 2.45) is 0 Å². The number of thiophene rings is 1. The number of rotatable bonds is 8. The SMILES string of the molecule is O=C(CCC(=O)c1ccc2c(c1)OCCO2)NCC(c1cccs1)N1CCCC1. The second-order valence-corrected chi connectivity index (χ2v) is 8.34. The Bertz CT molecular complexity index is 847. The van der Waals surface area contributed by atoms with Crippen LogP contribution in [0.2, 0.25) is 0 Å². The van der Waals surface area contributed by atoms with Crippen molar-refractivity contribution in [3.63, 3.8) is 0 Å². The summed E-state index contributed by atoms with van der Waals surface area (Å²) in [6, 6.07) is 9.59. The molecule has 2 aliphatic rings. The van der Waals surface area contributed by atoms with E-state index in [2.05, 4.69) is 27.7 Å². The summed E-state index contributed by atoms with van der Waals surface area (Å²) in [6.07, 6.45) is 2.78. The first-order chi connectivity index (χ1) is 14.2. The third kappa shape index (κ3) is 4.97. The average Bonchev–Trinajstić information content (AvgIpc) is 3.47. The Morgan fingerprint density at radius 3 is 2.62 bits per heavy atom. The van der Waals surface area contributed by atoms with Gasteiger partial charge in [0.1, 0.15) is 13.2 Å². The number of hydrogen-bond acceptors (Lipinski definition) is 6. The number of likely N-dealkylation sites (tertiary alicyclic amines) is 1. The largest absolute Gasteiger partial charge is 0.486 e. The Morgan fingerprint density at radius 1 is 1.07 bits per heavy atom. The van der Waals surface area contributed by atoms with E-state index in [-0.39, 0.29) is 30.6 Å². The first-order valence-corrected chi connectivity index (χ1v) is 11.1. The highest BCUT2D eigenvalue weighted by molar-refractivity contribution is 7.10. The zero-order valence-electron chi connectivity index (χ0n) is 16.4. The number of carbonyl (C=O) groups is 2. The summed E-state index contributed by atoms with van der Waals surface area (Å²) in [5.41, 5.74) is 0.551. The Balaban J connectivity index is 1.28. The summed E-state index contributed by atoms with van der Waals surface area (Å²) in [5.74, 6) is 1.10. The summed E-state index contributed by atoms with van der Waals surface area (Å²) in [7, 11) is 0. The van der Waals surface area contributed by atoms with Crippen LogP contribution in [0.1, 0.15) is 47.0 Å². The van der Waals surface area contributed by atoms with E-state index in [0.717, 1.165) is 13.1 Å². The van der Waals surface area contributed by atoms with Gasteiger partial charge in [0.15, 0.2) is 17.3 Å². The number of amides is 1. The Kier molecular flexibility index (Phi) is 6.46. The molecule has 1 amide bonds. The number of fused-ring (bicyclic) bond motifs is 1. The molecule has 1 unspecified atom stereocenters. The first kappa shape index (κ1) is 19.9. The van der Waals surface area contributed by atoms with Gasteiger partial charge in [-0.15, -0.1) is 11.3 Å². The Labute approximate surface area is 174 Å². The fourth-order valence-electron chi connectivity index (χ4n) is 3.83. The topological polar surface area (TPSA) is 67.9 Å². The van der Waals surface area contributed by atoms with Gasteiger partial charge in [-0.3, -0.25) is 14.5 Å². The summed E-state index contributed by atoms with van der Waals surface area (Å²) in [4.78, 5) is 28.6. The minimum atomic E-state index is -0.0864. The molecule has 1 aromatic heterocycles. The molecule has 0 aliphatic carbocycles. The number of nitrogens with one attached hydrogen (secondary N) is 1. The van der Waals surface area contributed by atoms with E-state index in [1.165, 1.54) is 17.7 Å². The zero-order valence-corrected chi connectivity index (χ0v) is 17.2. The predicted molar refractivity (Wildman–Crippen MR) is 112 cm³/mol. The van der Waals surface area contributed by atoms with Crippen molar-refractivity contribution < 1.29 is 19.1 Å². The fourth-order valence-corrected chi connectivity index (χ4v) is 4.69. The molecule has 1 saturated heterocycles. The molecule has 0 radical (unpaired) electrons. The zero-order chi connectivity index (χ0) is 20.1. The Morgan fingerprint density at radius 2 is 1.86 bits per heavy atom. The maximum Gasteiger partial charge on any atom is 0.220 e. The average molecular weight is 415 g/mol. The molecule has 1 atom stereocenters. The van der Waals surface area contributed by atoms with Crippen LogP contribution < -0.4 is 14.8 Å². The van der Waals surface area contributed by atoms with Gasteiger partial charge in [0.2, 0.25) is 5.91 Å². The molecule has 0 saturated carbocycles. The molecule has 2 aliphatic heterocycles. The van der Waals surface area contributed by atoms with Crippen LogP contribution in [0.5, 0.6) is 11.5 Å². The highest BCUT2D eigenvalue weighted by Crippen LogP contribution is 2.31. The van der Waals surface area contributed by atoms with E-state index in [9.17, 15) is 9.59 Å². The van der Waals surface area contributed by atoms with Gasteiger partial charge in [-0.2, -0.15) is 0 Å². The number of nitrogens with zero attached hydrogens (tertiary/aromatic N) is 1. The standard InChI is InChI=1S/C22H26N2O4S/c25-18(16-5-7-19-20(14-16)28-12-11-27-19)6-8-22(26)23-15-17(21-4-3-13-29-21)24-9-1-2-10-24/h3-5,7,13-14,17H,1-2,6,8-12,15H2,(H,23,26). The molecule has 4 rings (SSSR count). The van der Waals surface area contributed by atoms with Gasteiger partial charge in [-0.05, 0) is 55.6 Å². The monoisotopic (exact) mass is 414 g/mol. The smallest absolute Gasteiger partial charge is 0.220 e. The lowest BCUT2D eigenvalue weighted by Crippen LogP contribution is -2.36. The van der Waals surface area contributed by atoms with Crippen LogP contribution in [0.15, 0.2) is 35.7 Å². The first-order valence-electron chi connectivity index (χ1n) is 10.2. The summed E-state index contributed by atoms with van der Waals surface area (Å²) in [5, 5.41) is 5.11. The quantitative estimate of drug-likeness (QED) is 0.671. The molecule has 1 fully saturated rings. The summed E-state index contributed by atoms with van der Waals surface area (Å²) >= 11 is 1.73. The fraction of sp³-hybridized carbons (Fsp3) is 0.455. The summed E-state index contributed by atoms with van der Waals surface area (Å²) < 4.78 is 11.0. The molecule has 2 aromatic rings. The van der Waals surface area contributed by atoms with E-state index in [1.54, 1.807) is 29.5 Å². The molecule has 6 nitrogen and oxygen atoms in total. The molecular formula is C22H26N2O4S. The molecule has 1 N–H and O–H groups in total. The van der Waals surface area contributed by atoms with Crippen molar-refractivity contribution in [2.75, 3.05) is 32.8 Å². The van der Waals surface area contributed by atoms with Crippen LogP contribution in [0, 0.1) is 0 Å². The molecule has 0 spiro atoms. The van der Waals surface area contributed by atoms with Crippen LogP contribution in [-0.2, 0) is 4.79 Å². The highest BCUT2D eigenvalue weighted by atomic mass is 32.1. The molecule has 1 aromatic carbocycles. The minimum absolute atomic E-state index is 0.0635. The van der Waals surface area contributed by atoms with Gasteiger partial charge in [0.05, 0.1) is 6.04 Å². The highest BCUT2D eigenvalue weighted by Gasteiger charge is 2.24. The van der Waals surface area contributed by atoms with Crippen LogP contribution in [0.4, 0.5) is 0 Å². The molecule has 29 heavy (non-hydrogen) atoms. The van der Waals surface area contributed by atoms with Gasteiger partial charge in [0, 0.05) is 29.8 Å². The second kappa shape index (κ2) is 9.41. The lowest BCUT2D eigenvalue weighted by atomic mass is 10.1. The van der Waals surface area contributed by atoms with Crippen LogP contribution in [0.25, 0.3) is 0 Å². The maximum absolute atomic E-state index is 12.5. The van der Waals surface area contributed by atoms with E-state index in [1.807, 2.05) is 0 Å². The van der Waals surface area contributed by atoms with Crippen molar-refractivity contribution in [3.05, 3.63) is 46.2 Å². The van der Waals surface area contributed by atoms with Crippen LogP contribution >= 0.6 is 11.3 Å². The lowest BCUT2D eigenvalue weighted by Gasteiger charge is -2.26. The van der Waals surface area contributed by atoms with E-state index in [4.69, 9.17) is 9.47 Å². The van der Waals surface area contributed by atoms with E-state index >= 15 is 0 Å². The number of benzene rings is 1. The molecule has 3 heterocycles. The van der Waals surface area contributed by atoms with Crippen molar-refractivity contribution >= 4 is 23.0 Å². The maximum atomic E-state index is 12.5. The van der Waals surface area contributed by atoms with Crippen molar-refractivity contribution in [3.8, 4) is 11.5 Å². The van der Waals surface area contributed by atoms with Crippen molar-refractivity contribution in [2.45, 2.75) is 31.7 Å². The van der Waals surface area contributed by atoms with Gasteiger partial charge >= 0.3 is 0 Å². The third-order valence-corrected chi connectivity index (χ3v) is 6.36. The second-order valence-electron chi connectivity index (χ2n) is 7.36. The number of hydrogen-bond donors (Lipinski definition) is 1. The molecular weight excluding hydrogens is 388 g/mol. The van der Waals surface area contributed by atoms with Crippen molar-refractivity contribution in [1.29, 1.82) is 0 Å². The van der Waals surface area contributed by atoms with Crippen LogP contribution in [0.3, 0.4) is 0 Å². The van der Waals surface area contributed by atoms with Gasteiger partial charge in [0.25, 0.3) is 0 Å². The number of ether oxygens (including phenoxy) is 2. The number of carbonyl (C=O) groups excluding carboxylic acids is 2. The normalized spacial score (nSPS) is 17.1.